The minimum atomic E-state index is 0.901. The summed E-state index contributed by atoms with van der Waals surface area (Å²) >= 11 is 0. The van der Waals surface area contributed by atoms with Gasteiger partial charge in [0.2, 0.25) is 0 Å². The highest BCUT2D eigenvalue weighted by atomic mass is 16.3. The third kappa shape index (κ3) is 5.92. The first-order chi connectivity index (χ1) is 34.7. The van der Waals surface area contributed by atoms with E-state index in [1.165, 1.54) is 81.3 Å². The number of nitrogens with zero attached hydrogens (tertiary/aromatic N) is 2. The standard InChI is InChI=1S/C67H40N2O/c1-2-14-41(15-3-1)44-29-32-64-59(35-44)60-39-57-56-34-45(46-30-33-67-61(36-46)55-24-10-11-27-66(55)70-67)28-31-52(56)50-22-8-9-23-51(50)58(57)40-65(60)69(64)47-37-62(53-25-12-18-42-16-4-6-20-48(42)53)68-63(38-47)54-26-13-19-43-17-5-7-21-49(43)54/h1-40H. The van der Waals surface area contributed by atoms with E-state index in [0.717, 1.165) is 66.7 Å². The molecule has 0 spiro atoms. The maximum atomic E-state index is 6.25. The highest BCUT2D eigenvalue weighted by Gasteiger charge is 2.21. The molecule has 3 nitrogen and oxygen atoms in total. The number of furan rings is 1. The second kappa shape index (κ2) is 15.1. The van der Waals surface area contributed by atoms with Gasteiger partial charge in [-0.3, -0.25) is 0 Å². The monoisotopic (exact) mass is 888 g/mol. The molecule has 0 saturated heterocycles. The van der Waals surface area contributed by atoms with Crippen LogP contribution in [-0.4, -0.2) is 9.55 Å². The number of fused-ring (bicyclic) bond motifs is 14. The summed E-state index contributed by atoms with van der Waals surface area (Å²) in [6.45, 7) is 0. The summed E-state index contributed by atoms with van der Waals surface area (Å²) in [7, 11) is 0. The van der Waals surface area contributed by atoms with E-state index in [1.807, 2.05) is 12.1 Å². The summed E-state index contributed by atoms with van der Waals surface area (Å²) in [5, 5.41) is 16.8. The van der Waals surface area contributed by atoms with E-state index < -0.39 is 0 Å². The predicted molar refractivity (Wildman–Crippen MR) is 295 cm³/mol. The van der Waals surface area contributed by atoms with Crippen LogP contribution >= 0.6 is 0 Å². The van der Waals surface area contributed by atoms with Crippen LogP contribution in [-0.2, 0) is 0 Å². The minimum absolute atomic E-state index is 0.901. The summed E-state index contributed by atoms with van der Waals surface area (Å²) in [5.41, 5.74) is 13.9. The molecule has 12 aromatic carbocycles. The van der Waals surface area contributed by atoms with Crippen molar-refractivity contribution < 1.29 is 4.42 Å². The van der Waals surface area contributed by atoms with Crippen molar-refractivity contribution in [2.24, 2.45) is 0 Å². The smallest absolute Gasteiger partial charge is 0.135 e. The van der Waals surface area contributed by atoms with Crippen LogP contribution in [0.2, 0.25) is 0 Å². The Morgan fingerprint density at radius 3 is 1.49 bits per heavy atom. The molecule has 0 aliphatic heterocycles. The van der Waals surface area contributed by atoms with Gasteiger partial charge in [0.05, 0.1) is 28.1 Å². The first kappa shape index (κ1) is 38.8. The Labute approximate surface area is 402 Å². The fourth-order valence-corrected chi connectivity index (χ4v) is 11.5. The fraction of sp³-hybridized carbons (Fsp3) is 0. The van der Waals surface area contributed by atoms with Gasteiger partial charge in [0.15, 0.2) is 0 Å². The molecular weight excluding hydrogens is 849 g/mol. The molecule has 0 bridgehead atoms. The van der Waals surface area contributed by atoms with Crippen molar-refractivity contribution in [2.45, 2.75) is 0 Å². The van der Waals surface area contributed by atoms with Gasteiger partial charge in [0.1, 0.15) is 11.2 Å². The summed E-state index contributed by atoms with van der Waals surface area (Å²) in [6, 6.07) is 88.5. The fourth-order valence-electron chi connectivity index (χ4n) is 11.5. The van der Waals surface area contributed by atoms with Crippen molar-refractivity contribution in [1.82, 2.24) is 9.55 Å². The lowest BCUT2D eigenvalue weighted by molar-refractivity contribution is 0.669. The van der Waals surface area contributed by atoms with E-state index in [1.54, 1.807) is 0 Å². The lowest BCUT2D eigenvalue weighted by Crippen LogP contribution is -1.99. The molecule has 0 radical (unpaired) electrons. The van der Waals surface area contributed by atoms with E-state index in [9.17, 15) is 0 Å². The van der Waals surface area contributed by atoms with Crippen molar-refractivity contribution >= 4 is 97.6 Å². The molecule has 0 atom stereocenters. The Morgan fingerprint density at radius 2 is 0.757 bits per heavy atom. The molecule has 0 aliphatic rings. The molecule has 15 rings (SSSR count). The zero-order valence-corrected chi connectivity index (χ0v) is 37.9. The number of hydrogen-bond donors (Lipinski definition) is 0. The third-order valence-corrected chi connectivity index (χ3v) is 14.7. The summed E-state index contributed by atoms with van der Waals surface area (Å²) < 4.78 is 8.74. The third-order valence-electron chi connectivity index (χ3n) is 14.7. The van der Waals surface area contributed by atoms with Gasteiger partial charge in [-0.15, -0.1) is 0 Å². The van der Waals surface area contributed by atoms with Gasteiger partial charge in [0.25, 0.3) is 0 Å². The number of aromatic nitrogens is 2. The van der Waals surface area contributed by atoms with Crippen LogP contribution in [0.15, 0.2) is 247 Å². The summed E-state index contributed by atoms with van der Waals surface area (Å²) in [5.74, 6) is 0. The molecular formula is C67H40N2O. The highest BCUT2D eigenvalue weighted by Crippen LogP contribution is 2.45. The normalized spacial score (nSPS) is 12.0. The molecule has 0 saturated carbocycles. The Balaban J connectivity index is 1.05. The molecule has 3 heterocycles. The number of hydrogen-bond acceptors (Lipinski definition) is 2. The minimum Gasteiger partial charge on any atom is -0.456 e. The van der Waals surface area contributed by atoms with Crippen LogP contribution in [0.1, 0.15) is 0 Å². The van der Waals surface area contributed by atoms with Crippen molar-refractivity contribution in [3.05, 3.63) is 243 Å². The Morgan fingerprint density at radius 1 is 0.271 bits per heavy atom. The SMILES string of the molecule is c1ccc(-c2ccc3c(c2)c2cc4c5cc(-c6ccc7oc8ccccc8c7c6)ccc5c5ccccc5c4cc2n3-c2cc(-c3cccc4ccccc34)nc(-c3cccc4ccccc34)c2)cc1. The van der Waals surface area contributed by atoms with Crippen molar-refractivity contribution in [2.75, 3.05) is 0 Å². The first-order valence-electron chi connectivity index (χ1n) is 24.0. The quantitative estimate of drug-likeness (QED) is 0.161. The number of rotatable bonds is 5. The van der Waals surface area contributed by atoms with Gasteiger partial charge in [0, 0.05) is 32.7 Å². The molecule has 0 N–H and O–H groups in total. The Hall–Kier alpha value is -9.31. The van der Waals surface area contributed by atoms with E-state index in [0.29, 0.717) is 0 Å². The topological polar surface area (TPSA) is 31.0 Å². The van der Waals surface area contributed by atoms with Gasteiger partial charge < -0.3 is 8.98 Å². The molecule has 3 aromatic heterocycles. The lowest BCUT2D eigenvalue weighted by atomic mass is 9.91. The number of benzene rings is 12. The molecule has 3 heteroatoms. The second-order valence-electron chi connectivity index (χ2n) is 18.6. The van der Waals surface area contributed by atoms with Crippen molar-refractivity contribution in [1.29, 1.82) is 0 Å². The maximum Gasteiger partial charge on any atom is 0.135 e. The lowest BCUT2D eigenvalue weighted by Gasteiger charge is -2.16. The molecule has 15 aromatic rings. The largest absolute Gasteiger partial charge is 0.456 e. The Bertz CT molecular complexity index is 4540. The van der Waals surface area contributed by atoms with Crippen molar-refractivity contribution in [3.63, 3.8) is 0 Å². The predicted octanol–water partition coefficient (Wildman–Crippen LogP) is 18.5. The van der Waals surface area contributed by atoms with Crippen LogP contribution in [0.4, 0.5) is 0 Å². The van der Waals surface area contributed by atoms with E-state index in [-0.39, 0.29) is 0 Å². The van der Waals surface area contributed by atoms with Crippen LogP contribution < -0.4 is 0 Å². The molecule has 324 valence electrons. The van der Waals surface area contributed by atoms with Gasteiger partial charge >= 0.3 is 0 Å². The molecule has 70 heavy (non-hydrogen) atoms. The van der Waals surface area contributed by atoms with Crippen LogP contribution in [0.3, 0.4) is 0 Å². The first-order valence-corrected chi connectivity index (χ1v) is 24.0. The zero-order chi connectivity index (χ0) is 45.9. The molecule has 0 unspecified atom stereocenters. The van der Waals surface area contributed by atoms with Crippen molar-refractivity contribution in [3.8, 4) is 50.5 Å². The van der Waals surface area contributed by atoms with Gasteiger partial charge in [-0.1, -0.05) is 182 Å². The van der Waals surface area contributed by atoms with E-state index in [4.69, 9.17) is 9.40 Å². The molecule has 0 fully saturated rings. The van der Waals surface area contributed by atoms with E-state index in [2.05, 4.69) is 235 Å². The number of para-hydroxylation sites is 1. The van der Waals surface area contributed by atoms with Crippen LogP contribution in [0, 0.1) is 0 Å². The van der Waals surface area contributed by atoms with Crippen LogP contribution in [0.25, 0.3) is 148 Å². The van der Waals surface area contributed by atoms with Gasteiger partial charge in [-0.2, -0.15) is 0 Å². The zero-order valence-electron chi connectivity index (χ0n) is 37.9. The average Bonchev–Trinajstić information content (AvgIpc) is 3.97. The molecule has 0 aliphatic carbocycles. The maximum absolute atomic E-state index is 6.25. The second-order valence-corrected chi connectivity index (χ2v) is 18.6. The molecule has 0 amide bonds. The average molecular weight is 889 g/mol. The van der Waals surface area contributed by atoms with Gasteiger partial charge in [-0.05, 0) is 137 Å². The Kier molecular flexibility index (Phi) is 8.36. The summed E-state index contributed by atoms with van der Waals surface area (Å²) in [4.78, 5) is 5.57. The number of pyridine rings is 1. The van der Waals surface area contributed by atoms with Gasteiger partial charge in [-0.25, -0.2) is 4.98 Å². The highest BCUT2D eigenvalue weighted by molar-refractivity contribution is 6.29. The summed E-state index contributed by atoms with van der Waals surface area (Å²) in [6.07, 6.45) is 0. The van der Waals surface area contributed by atoms with Crippen LogP contribution in [0.5, 0.6) is 0 Å². The van der Waals surface area contributed by atoms with E-state index >= 15 is 0 Å².